The summed E-state index contributed by atoms with van der Waals surface area (Å²) in [7, 11) is 0. The highest BCUT2D eigenvalue weighted by atomic mass is 127. The van der Waals surface area contributed by atoms with Crippen molar-refractivity contribution in [3.8, 4) is 11.5 Å². The number of hydrogen-bond acceptors (Lipinski definition) is 3. The van der Waals surface area contributed by atoms with Crippen molar-refractivity contribution in [2.24, 2.45) is 10.7 Å². The predicted octanol–water partition coefficient (Wildman–Crippen LogP) is 4.01. The van der Waals surface area contributed by atoms with E-state index in [0.29, 0.717) is 24.4 Å². The molecule has 130 valence electrons. The van der Waals surface area contributed by atoms with E-state index in [4.69, 9.17) is 10.2 Å². The lowest BCUT2D eigenvalue weighted by Crippen LogP contribution is -2.41. The number of hydrogen-bond donors (Lipinski definition) is 2. The number of oxazole rings is 1. The van der Waals surface area contributed by atoms with Crippen molar-refractivity contribution < 1.29 is 4.42 Å². The van der Waals surface area contributed by atoms with Crippen LogP contribution in [0.5, 0.6) is 0 Å². The second kappa shape index (κ2) is 9.05. The van der Waals surface area contributed by atoms with Gasteiger partial charge in [0.1, 0.15) is 12.0 Å². The molecule has 1 saturated carbocycles. The maximum atomic E-state index is 5.97. The van der Waals surface area contributed by atoms with Crippen molar-refractivity contribution in [2.75, 3.05) is 0 Å². The van der Waals surface area contributed by atoms with Gasteiger partial charge in [-0.15, -0.1) is 24.0 Å². The van der Waals surface area contributed by atoms with Gasteiger partial charge in [0, 0.05) is 11.6 Å². The SMILES string of the molecule is Cc1ccc(-c2nc(CN=C(N)NC3CCCCC3)co2)cc1.I. The Morgan fingerprint density at radius 1 is 1.25 bits per heavy atom. The van der Waals surface area contributed by atoms with E-state index in [0.717, 1.165) is 11.3 Å². The van der Waals surface area contributed by atoms with Crippen LogP contribution >= 0.6 is 24.0 Å². The number of nitrogens with one attached hydrogen (secondary N) is 1. The summed E-state index contributed by atoms with van der Waals surface area (Å²) in [4.78, 5) is 8.84. The van der Waals surface area contributed by atoms with Crippen LogP contribution in [-0.4, -0.2) is 17.0 Å². The first kappa shape index (κ1) is 18.8. The third-order valence-electron chi connectivity index (χ3n) is 4.22. The van der Waals surface area contributed by atoms with Gasteiger partial charge in [0.15, 0.2) is 5.96 Å². The number of aromatic nitrogens is 1. The molecule has 3 rings (SSSR count). The van der Waals surface area contributed by atoms with Crippen molar-refractivity contribution in [3.63, 3.8) is 0 Å². The van der Waals surface area contributed by atoms with E-state index in [-0.39, 0.29) is 24.0 Å². The molecule has 1 aliphatic rings. The summed E-state index contributed by atoms with van der Waals surface area (Å²) in [6.07, 6.45) is 7.88. The second-order valence-corrected chi connectivity index (χ2v) is 6.19. The van der Waals surface area contributed by atoms with Crippen LogP contribution in [0.3, 0.4) is 0 Å². The number of nitrogens with zero attached hydrogens (tertiary/aromatic N) is 2. The third-order valence-corrected chi connectivity index (χ3v) is 4.22. The van der Waals surface area contributed by atoms with Crippen LogP contribution in [0.15, 0.2) is 39.9 Å². The summed E-state index contributed by atoms with van der Waals surface area (Å²) in [5.41, 5.74) is 8.94. The van der Waals surface area contributed by atoms with Crippen molar-refractivity contribution in [1.82, 2.24) is 10.3 Å². The molecule has 6 heteroatoms. The van der Waals surface area contributed by atoms with Crippen molar-refractivity contribution in [1.29, 1.82) is 0 Å². The Morgan fingerprint density at radius 3 is 2.67 bits per heavy atom. The fourth-order valence-electron chi connectivity index (χ4n) is 2.88. The molecule has 1 aromatic carbocycles. The summed E-state index contributed by atoms with van der Waals surface area (Å²) < 4.78 is 5.53. The van der Waals surface area contributed by atoms with Crippen LogP contribution in [-0.2, 0) is 6.54 Å². The van der Waals surface area contributed by atoms with Crippen molar-refractivity contribution in [2.45, 2.75) is 51.6 Å². The summed E-state index contributed by atoms with van der Waals surface area (Å²) in [6.45, 7) is 2.49. The molecule has 5 nitrogen and oxygen atoms in total. The van der Waals surface area contributed by atoms with Crippen LogP contribution in [0, 0.1) is 6.92 Å². The average Bonchev–Trinajstić information content (AvgIpc) is 3.04. The molecule has 1 fully saturated rings. The first-order valence-electron chi connectivity index (χ1n) is 8.28. The number of guanidine groups is 1. The number of halogens is 1. The van der Waals surface area contributed by atoms with Crippen LogP contribution in [0.25, 0.3) is 11.5 Å². The summed E-state index contributed by atoms with van der Waals surface area (Å²) in [6, 6.07) is 8.57. The summed E-state index contributed by atoms with van der Waals surface area (Å²) in [5.74, 6) is 1.12. The normalized spacial score (nSPS) is 15.8. The average molecular weight is 440 g/mol. The Bertz CT molecular complexity index is 660. The number of benzene rings is 1. The Labute approximate surface area is 160 Å². The van der Waals surface area contributed by atoms with Crippen LogP contribution in [0.1, 0.15) is 43.4 Å². The zero-order valence-electron chi connectivity index (χ0n) is 14.0. The van der Waals surface area contributed by atoms with Gasteiger partial charge in [-0.25, -0.2) is 9.98 Å². The molecular formula is C18H25IN4O. The van der Waals surface area contributed by atoms with E-state index in [1.54, 1.807) is 6.26 Å². The smallest absolute Gasteiger partial charge is 0.226 e. The van der Waals surface area contributed by atoms with Gasteiger partial charge in [0.05, 0.1) is 6.54 Å². The molecule has 24 heavy (non-hydrogen) atoms. The summed E-state index contributed by atoms with van der Waals surface area (Å²) in [5, 5.41) is 3.30. The van der Waals surface area contributed by atoms with Crippen molar-refractivity contribution in [3.05, 3.63) is 41.8 Å². The van der Waals surface area contributed by atoms with E-state index in [1.807, 2.05) is 24.3 Å². The van der Waals surface area contributed by atoms with Gasteiger partial charge in [0.25, 0.3) is 0 Å². The third kappa shape index (κ3) is 5.22. The fraction of sp³-hybridized carbons (Fsp3) is 0.444. The van der Waals surface area contributed by atoms with Gasteiger partial charge in [-0.1, -0.05) is 37.0 Å². The molecule has 0 aliphatic heterocycles. The molecule has 1 aromatic heterocycles. The van der Waals surface area contributed by atoms with Gasteiger partial charge in [0.2, 0.25) is 5.89 Å². The van der Waals surface area contributed by atoms with Gasteiger partial charge in [-0.3, -0.25) is 0 Å². The van der Waals surface area contributed by atoms with E-state index in [1.165, 1.54) is 37.7 Å². The summed E-state index contributed by atoms with van der Waals surface area (Å²) >= 11 is 0. The predicted molar refractivity (Wildman–Crippen MR) is 107 cm³/mol. The number of rotatable bonds is 4. The first-order chi connectivity index (χ1) is 11.2. The quantitative estimate of drug-likeness (QED) is 0.428. The van der Waals surface area contributed by atoms with Crippen molar-refractivity contribution >= 4 is 29.9 Å². The molecule has 2 aromatic rings. The van der Waals surface area contributed by atoms with Crippen LogP contribution in [0.2, 0.25) is 0 Å². The standard InChI is InChI=1S/C18H24N4O.HI/c1-13-7-9-14(10-8-13)17-21-16(12-23-17)11-20-18(19)22-15-5-3-2-4-6-15;/h7-10,12,15H,2-6,11H2,1H3,(H3,19,20,22);1H. The molecule has 0 unspecified atom stereocenters. The number of aliphatic imine (C=N–C) groups is 1. The highest BCUT2D eigenvalue weighted by Gasteiger charge is 2.13. The molecule has 0 radical (unpaired) electrons. The maximum absolute atomic E-state index is 5.97. The Kier molecular flexibility index (Phi) is 7.08. The van der Waals surface area contributed by atoms with Crippen LogP contribution < -0.4 is 11.1 Å². The largest absolute Gasteiger partial charge is 0.444 e. The Balaban J connectivity index is 0.00000208. The number of aryl methyl sites for hydroxylation is 1. The van der Waals surface area contributed by atoms with Gasteiger partial charge >= 0.3 is 0 Å². The molecule has 0 saturated heterocycles. The van der Waals surface area contributed by atoms with E-state index in [9.17, 15) is 0 Å². The minimum Gasteiger partial charge on any atom is -0.444 e. The highest BCUT2D eigenvalue weighted by molar-refractivity contribution is 14.0. The Morgan fingerprint density at radius 2 is 1.96 bits per heavy atom. The Hall–Kier alpha value is -1.57. The second-order valence-electron chi connectivity index (χ2n) is 6.19. The molecule has 0 spiro atoms. The topological polar surface area (TPSA) is 76.4 Å². The molecule has 0 atom stereocenters. The van der Waals surface area contributed by atoms with Crippen LogP contribution in [0.4, 0.5) is 0 Å². The zero-order chi connectivity index (χ0) is 16.1. The minimum absolute atomic E-state index is 0. The lowest BCUT2D eigenvalue weighted by atomic mass is 9.96. The molecule has 1 aliphatic carbocycles. The van der Waals surface area contributed by atoms with Gasteiger partial charge in [-0.05, 0) is 31.9 Å². The molecular weight excluding hydrogens is 415 g/mol. The van der Waals surface area contributed by atoms with Gasteiger partial charge in [-0.2, -0.15) is 0 Å². The lowest BCUT2D eigenvalue weighted by Gasteiger charge is -2.23. The highest BCUT2D eigenvalue weighted by Crippen LogP contribution is 2.19. The molecule has 0 bridgehead atoms. The minimum atomic E-state index is 0. The fourth-order valence-corrected chi connectivity index (χ4v) is 2.88. The maximum Gasteiger partial charge on any atom is 0.226 e. The number of nitrogens with two attached hydrogens (primary N) is 1. The zero-order valence-corrected chi connectivity index (χ0v) is 16.3. The molecule has 1 heterocycles. The molecule has 3 N–H and O–H groups in total. The van der Waals surface area contributed by atoms with E-state index < -0.39 is 0 Å². The van der Waals surface area contributed by atoms with E-state index >= 15 is 0 Å². The molecule has 0 amide bonds. The lowest BCUT2D eigenvalue weighted by molar-refractivity contribution is 0.412. The van der Waals surface area contributed by atoms with Gasteiger partial charge < -0.3 is 15.5 Å². The van der Waals surface area contributed by atoms with E-state index in [2.05, 4.69) is 22.2 Å². The first-order valence-corrected chi connectivity index (χ1v) is 8.28. The monoisotopic (exact) mass is 440 g/mol.